The number of thiophene rings is 1. The van der Waals surface area contributed by atoms with Gasteiger partial charge in [0.05, 0.1) is 23.1 Å². The number of carbonyl (C=O) groups is 1. The van der Waals surface area contributed by atoms with Crippen LogP contribution in [0.25, 0.3) is 11.1 Å². The summed E-state index contributed by atoms with van der Waals surface area (Å²) in [5, 5.41) is 4.63. The van der Waals surface area contributed by atoms with Gasteiger partial charge in [0, 0.05) is 48.2 Å². The van der Waals surface area contributed by atoms with Crippen molar-refractivity contribution in [3.8, 4) is 11.1 Å². The molecule has 0 atom stereocenters. The van der Waals surface area contributed by atoms with Gasteiger partial charge in [-0.1, -0.05) is 23.7 Å². The monoisotopic (exact) mass is 377 g/mol. The Morgan fingerprint density at radius 1 is 1.48 bits per heavy atom. The maximum atomic E-state index is 12.5. The fourth-order valence-corrected chi connectivity index (χ4v) is 3.82. The molecule has 3 heterocycles. The zero-order chi connectivity index (χ0) is 17.6. The summed E-state index contributed by atoms with van der Waals surface area (Å²) >= 11 is 7.31. The van der Waals surface area contributed by atoms with Crippen LogP contribution in [-0.4, -0.2) is 43.7 Å². The first kappa shape index (κ1) is 17.9. The molecular formula is C18H20ClN3O2S. The quantitative estimate of drug-likeness (QED) is 0.866. The maximum absolute atomic E-state index is 12.5. The van der Waals surface area contributed by atoms with Crippen molar-refractivity contribution in [2.24, 2.45) is 0 Å². The molecule has 2 aromatic heterocycles. The Balaban J connectivity index is 1.88. The van der Waals surface area contributed by atoms with E-state index in [-0.39, 0.29) is 5.91 Å². The van der Waals surface area contributed by atoms with E-state index in [0.29, 0.717) is 29.7 Å². The molecule has 5 nitrogen and oxygen atoms in total. The first-order valence-corrected chi connectivity index (χ1v) is 9.32. The predicted octanol–water partition coefficient (Wildman–Crippen LogP) is 3.52. The van der Waals surface area contributed by atoms with Crippen LogP contribution in [0.1, 0.15) is 16.6 Å². The zero-order valence-electron chi connectivity index (χ0n) is 14.0. The molecule has 0 unspecified atom stereocenters. The van der Waals surface area contributed by atoms with Gasteiger partial charge in [-0.25, -0.2) is 0 Å². The molecular weight excluding hydrogens is 358 g/mol. The number of ether oxygens (including phenoxy) is 1. The van der Waals surface area contributed by atoms with E-state index in [1.54, 1.807) is 19.2 Å². The molecule has 1 aliphatic rings. The number of anilines is 1. The molecule has 132 valence electrons. The number of amides is 1. The number of halogens is 1. The van der Waals surface area contributed by atoms with Gasteiger partial charge < -0.3 is 15.0 Å². The average Bonchev–Trinajstić information content (AvgIpc) is 3.08. The normalized spacial score (nSPS) is 15.3. The molecule has 0 aliphatic carbocycles. The SMILES string of the molecule is CC(Cl)=CCNC(=O)c1cc(-c2cccnc2)c(N2CCOCC2)s1. The van der Waals surface area contributed by atoms with Gasteiger partial charge in [-0.3, -0.25) is 9.78 Å². The Bertz CT molecular complexity index is 751. The van der Waals surface area contributed by atoms with Crippen LogP contribution >= 0.6 is 22.9 Å². The van der Waals surface area contributed by atoms with Crippen LogP contribution in [0.5, 0.6) is 0 Å². The number of hydrogen-bond donors (Lipinski definition) is 1. The number of allylic oxidation sites excluding steroid dienone is 1. The Hall–Kier alpha value is -1.89. The average molecular weight is 378 g/mol. The number of nitrogens with zero attached hydrogens (tertiary/aromatic N) is 2. The van der Waals surface area contributed by atoms with Crippen LogP contribution in [0.2, 0.25) is 0 Å². The highest BCUT2D eigenvalue weighted by Gasteiger charge is 2.21. The minimum Gasteiger partial charge on any atom is -0.378 e. The molecule has 0 spiro atoms. The lowest BCUT2D eigenvalue weighted by atomic mass is 10.1. The largest absolute Gasteiger partial charge is 0.378 e. The zero-order valence-corrected chi connectivity index (χ0v) is 15.6. The Kier molecular flexibility index (Phi) is 6.07. The van der Waals surface area contributed by atoms with Gasteiger partial charge in [-0.15, -0.1) is 11.3 Å². The minimum absolute atomic E-state index is 0.0937. The second kappa shape index (κ2) is 8.47. The Labute approximate surface area is 156 Å². The molecule has 7 heteroatoms. The molecule has 1 aliphatic heterocycles. The fourth-order valence-electron chi connectivity index (χ4n) is 2.60. The molecule has 0 saturated carbocycles. The lowest BCUT2D eigenvalue weighted by Crippen LogP contribution is -2.35. The second-order valence-corrected chi connectivity index (χ2v) is 7.30. The highest BCUT2D eigenvalue weighted by Crippen LogP contribution is 2.39. The molecule has 0 bridgehead atoms. The van der Waals surface area contributed by atoms with Gasteiger partial charge in [0.2, 0.25) is 0 Å². The van der Waals surface area contributed by atoms with E-state index in [9.17, 15) is 4.79 Å². The van der Waals surface area contributed by atoms with Gasteiger partial charge >= 0.3 is 0 Å². The smallest absolute Gasteiger partial charge is 0.261 e. The van der Waals surface area contributed by atoms with Crippen molar-refractivity contribution in [2.45, 2.75) is 6.92 Å². The van der Waals surface area contributed by atoms with E-state index in [4.69, 9.17) is 16.3 Å². The highest BCUT2D eigenvalue weighted by molar-refractivity contribution is 7.18. The van der Waals surface area contributed by atoms with Crippen LogP contribution in [-0.2, 0) is 4.74 Å². The summed E-state index contributed by atoms with van der Waals surface area (Å²) in [6.45, 7) is 5.25. The van der Waals surface area contributed by atoms with Crippen molar-refractivity contribution in [2.75, 3.05) is 37.7 Å². The van der Waals surface area contributed by atoms with Crippen molar-refractivity contribution in [1.82, 2.24) is 10.3 Å². The van der Waals surface area contributed by atoms with Crippen LogP contribution in [0.3, 0.4) is 0 Å². The number of morpholine rings is 1. The van der Waals surface area contributed by atoms with Crippen molar-refractivity contribution >= 4 is 33.8 Å². The van der Waals surface area contributed by atoms with Crippen molar-refractivity contribution < 1.29 is 9.53 Å². The first-order valence-electron chi connectivity index (χ1n) is 8.12. The molecule has 2 aromatic rings. The van der Waals surface area contributed by atoms with E-state index in [0.717, 1.165) is 29.2 Å². The summed E-state index contributed by atoms with van der Waals surface area (Å²) in [7, 11) is 0. The first-order chi connectivity index (χ1) is 12.1. The number of aromatic nitrogens is 1. The lowest BCUT2D eigenvalue weighted by Gasteiger charge is -2.28. The molecule has 0 radical (unpaired) electrons. The molecule has 1 amide bonds. The van der Waals surface area contributed by atoms with Crippen molar-refractivity contribution in [3.05, 3.63) is 46.6 Å². The lowest BCUT2D eigenvalue weighted by molar-refractivity contribution is 0.0962. The summed E-state index contributed by atoms with van der Waals surface area (Å²) in [5.41, 5.74) is 2.05. The van der Waals surface area contributed by atoms with E-state index < -0.39 is 0 Å². The van der Waals surface area contributed by atoms with Crippen LogP contribution in [0.15, 0.2) is 41.7 Å². The molecule has 1 fully saturated rings. The number of carbonyl (C=O) groups excluding carboxylic acids is 1. The number of rotatable bonds is 5. The van der Waals surface area contributed by atoms with E-state index in [2.05, 4.69) is 15.2 Å². The third-order valence-electron chi connectivity index (χ3n) is 3.85. The molecule has 25 heavy (non-hydrogen) atoms. The van der Waals surface area contributed by atoms with Crippen LogP contribution < -0.4 is 10.2 Å². The van der Waals surface area contributed by atoms with Gasteiger partial charge in [-0.05, 0) is 19.1 Å². The predicted molar refractivity (Wildman–Crippen MR) is 103 cm³/mol. The minimum atomic E-state index is -0.0937. The summed E-state index contributed by atoms with van der Waals surface area (Å²) in [6, 6.07) is 5.86. The summed E-state index contributed by atoms with van der Waals surface area (Å²) in [5.74, 6) is -0.0937. The third-order valence-corrected chi connectivity index (χ3v) is 5.20. The molecule has 0 aromatic carbocycles. The number of nitrogens with one attached hydrogen (secondary N) is 1. The topological polar surface area (TPSA) is 54.5 Å². The van der Waals surface area contributed by atoms with Crippen molar-refractivity contribution in [1.29, 1.82) is 0 Å². The third kappa shape index (κ3) is 4.60. The number of hydrogen-bond acceptors (Lipinski definition) is 5. The summed E-state index contributed by atoms with van der Waals surface area (Å²) in [4.78, 5) is 19.6. The summed E-state index contributed by atoms with van der Waals surface area (Å²) < 4.78 is 5.45. The van der Waals surface area contributed by atoms with E-state index >= 15 is 0 Å². The number of pyridine rings is 1. The summed E-state index contributed by atoms with van der Waals surface area (Å²) in [6.07, 6.45) is 5.35. The second-order valence-electron chi connectivity index (χ2n) is 5.67. The highest BCUT2D eigenvalue weighted by atomic mass is 35.5. The van der Waals surface area contributed by atoms with Crippen molar-refractivity contribution in [3.63, 3.8) is 0 Å². The van der Waals surface area contributed by atoms with E-state index in [1.165, 1.54) is 11.3 Å². The Morgan fingerprint density at radius 2 is 2.28 bits per heavy atom. The van der Waals surface area contributed by atoms with Crippen LogP contribution in [0.4, 0.5) is 5.00 Å². The van der Waals surface area contributed by atoms with Gasteiger partial charge in [0.1, 0.15) is 0 Å². The molecule has 3 rings (SSSR count). The fraction of sp³-hybridized carbons (Fsp3) is 0.333. The van der Waals surface area contributed by atoms with Crippen LogP contribution in [0, 0.1) is 0 Å². The van der Waals surface area contributed by atoms with E-state index in [1.807, 2.05) is 24.4 Å². The van der Waals surface area contributed by atoms with Gasteiger partial charge in [-0.2, -0.15) is 0 Å². The molecule has 1 saturated heterocycles. The maximum Gasteiger partial charge on any atom is 0.261 e. The van der Waals surface area contributed by atoms with Gasteiger partial charge in [0.15, 0.2) is 0 Å². The van der Waals surface area contributed by atoms with Gasteiger partial charge in [0.25, 0.3) is 5.91 Å². The Morgan fingerprint density at radius 3 is 2.96 bits per heavy atom. The molecule has 1 N–H and O–H groups in total. The standard InChI is InChI=1S/C18H20ClN3O2S/c1-13(19)4-6-21-17(23)16-11-15(14-3-2-5-20-12-14)18(25-16)22-7-9-24-10-8-22/h2-5,11-12H,6-10H2,1H3,(H,21,23).